The third-order valence-corrected chi connectivity index (χ3v) is 2.06. The molecule has 0 saturated carbocycles. The number of carbonyl (C=O) groups excluding carboxylic acids is 1. The fraction of sp³-hybridized carbons (Fsp3) is 0.857. The molecule has 1 aliphatic rings. The van der Waals surface area contributed by atoms with Gasteiger partial charge in [0.25, 0.3) is 0 Å². The van der Waals surface area contributed by atoms with Crippen molar-refractivity contribution in [3.63, 3.8) is 0 Å². The van der Waals surface area contributed by atoms with Crippen LogP contribution in [0.4, 0.5) is 0 Å². The first-order chi connectivity index (χ1) is 5.74. The zero-order chi connectivity index (χ0) is 8.97. The van der Waals surface area contributed by atoms with Crippen molar-refractivity contribution in [2.75, 3.05) is 19.0 Å². The lowest BCUT2D eigenvalue weighted by atomic mass is 10.3. The monoisotopic (exact) mass is 191 g/mol. The Kier molecular flexibility index (Phi) is 3.84. The average Bonchev–Trinajstić information content (AvgIpc) is 2.55. The van der Waals surface area contributed by atoms with Gasteiger partial charge < -0.3 is 15.2 Å². The van der Waals surface area contributed by atoms with E-state index in [0.29, 0.717) is 19.0 Å². The number of carbonyl (C=O) groups is 1. The summed E-state index contributed by atoms with van der Waals surface area (Å²) >= 11 is 3.89. The molecule has 0 bridgehead atoms. The first-order valence-corrected chi connectivity index (χ1v) is 4.52. The zero-order valence-electron chi connectivity index (χ0n) is 6.73. The predicted molar refractivity (Wildman–Crippen MR) is 47.1 cm³/mol. The molecular weight excluding hydrogens is 178 g/mol. The van der Waals surface area contributed by atoms with Crippen LogP contribution >= 0.6 is 12.6 Å². The number of thiol groups is 1. The van der Waals surface area contributed by atoms with Crippen LogP contribution in [0.1, 0.15) is 6.42 Å². The lowest BCUT2D eigenvalue weighted by molar-refractivity contribution is -0.149. The van der Waals surface area contributed by atoms with Gasteiger partial charge in [-0.2, -0.15) is 12.6 Å². The Hall–Kier alpha value is -0.260. The van der Waals surface area contributed by atoms with Crippen molar-refractivity contribution in [1.29, 1.82) is 0 Å². The van der Waals surface area contributed by atoms with Crippen LogP contribution in [0.5, 0.6) is 0 Å². The van der Waals surface area contributed by atoms with E-state index in [4.69, 9.17) is 15.2 Å². The molecule has 0 radical (unpaired) electrons. The molecule has 70 valence electrons. The Morgan fingerprint density at radius 3 is 3.08 bits per heavy atom. The van der Waals surface area contributed by atoms with Crippen molar-refractivity contribution in [3.8, 4) is 0 Å². The summed E-state index contributed by atoms with van der Waals surface area (Å²) in [6, 6.07) is -0.617. The van der Waals surface area contributed by atoms with Gasteiger partial charge in [0.1, 0.15) is 12.1 Å². The number of nitrogens with two attached hydrogens (primary N) is 1. The Labute approximate surface area is 76.8 Å². The fourth-order valence-electron chi connectivity index (χ4n) is 0.932. The van der Waals surface area contributed by atoms with Crippen LogP contribution in [0, 0.1) is 0 Å². The van der Waals surface area contributed by atoms with Gasteiger partial charge in [-0.05, 0) is 0 Å². The molecule has 0 spiro atoms. The lowest BCUT2D eigenvalue weighted by Crippen LogP contribution is -2.36. The van der Waals surface area contributed by atoms with E-state index in [-0.39, 0.29) is 12.1 Å². The van der Waals surface area contributed by atoms with Crippen molar-refractivity contribution in [2.45, 2.75) is 18.6 Å². The van der Waals surface area contributed by atoms with Gasteiger partial charge in [0.05, 0.1) is 13.2 Å². The summed E-state index contributed by atoms with van der Waals surface area (Å²) in [5.74, 6) is -0.0765. The standard InChI is InChI=1S/C7H13NO3S/c8-6(4-12)7(9)11-5-1-2-10-3-5/h5-6,12H,1-4,8H2. The maximum atomic E-state index is 11.1. The highest BCUT2D eigenvalue weighted by Gasteiger charge is 2.22. The van der Waals surface area contributed by atoms with E-state index < -0.39 is 6.04 Å². The molecule has 1 aliphatic heterocycles. The number of esters is 1. The van der Waals surface area contributed by atoms with Gasteiger partial charge in [-0.1, -0.05) is 0 Å². The van der Waals surface area contributed by atoms with Crippen molar-refractivity contribution in [1.82, 2.24) is 0 Å². The van der Waals surface area contributed by atoms with Gasteiger partial charge in [0.2, 0.25) is 0 Å². The molecule has 1 saturated heterocycles. The smallest absolute Gasteiger partial charge is 0.324 e. The van der Waals surface area contributed by atoms with E-state index in [0.717, 1.165) is 6.42 Å². The van der Waals surface area contributed by atoms with Crippen LogP contribution in [0.25, 0.3) is 0 Å². The molecule has 2 N–H and O–H groups in total. The van der Waals surface area contributed by atoms with E-state index in [2.05, 4.69) is 12.6 Å². The summed E-state index contributed by atoms with van der Waals surface area (Å²) in [5, 5.41) is 0. The summed E-state index contributed by atoms with van der Waals surface area (Å²) in [6.07, 6.45) is 0.661. The second kappa shape index (κ2) is 4.69. The number of hydrogen-bond donors (Lipinski definition) is 2. The third kappa shape index (κ3) is 2.66. The molecule has 0 aromatic carbocycles. The minimum atomic E-state index is -0.617. The van der Waals surface area contributed by atoms with Gasteiger partial charge in [0, 0.05) is 12.2 Å². The van der Waals surface area contributed by atoms with Gasteiger partial charge in [-0.15, -0.1) is 0 Å². The number of ether oxygens (including phenoxy) is 2. The highest BCUT2D eigenvalue weighted by atomic mass is 32.1. The first kappa shape index (κ1) is 9.83. The highest BCUT2D eigenvalue weighted by Crippen LogP contribution is 2.08. The van der Waals surface area contributed by atoms with Crippen LogP contribution in [0.15, 0.2) is 0 Å². The Morgan fingerprint density at radius 2 is 2.58 bits per heavy atom. The molecule has 2 unspecified atom stereocenters. The predicted octanol–water partition coefficient (Wildman–Crippen LogP) is -0.424. The molecule has 1 heterocycles. The summed E-state index contributed by atoms with van der Waals surface area (Å²) in [5.41, 5.74) is 5.40. The second-order valence-electron chi connectivity index (χ2n) is 2.71. The van der Waals surface area contributed by atoms with Crippen molar-refractivity contribution < 1.29 is 14.3 Å². The topological polar surface area (TPSA) is 61.6 Å². The van der Waals surface area contributed by atoms with Crippen LogP contribution in [-0.2, 0) is 14.3 Å². The SMILES string of the molecule is NC(CS)C(=O)OC1CCOC1. The summed E-state index contributed by atoms with van der Waals surface area (Å²) in [6.45, 7) is 1.15. The van der Waals surface area contributed by atoms with Gasteiger partial charge in [-0.25, -0.2) is 0 Å². The molecular formula is C7H13NO3S. The molecule has 0 amide bonds. The van der Waals surface area contributed by atoms with E-state index >= 15 is 0 Å². The summed E-state index contributed by atoms with van der Waals surface area (Å²) < 4.78 is 10.1. The number of hydrogen-bond acceptors (Lipinski definition) is 5. The van der Waals surface area contributed by atoms with Crippen LogP contribution in [-0.4, -0.2) is 37.1 Å². The molecule has 0 aromatic heterocycles. The zero-order valence-corrected chi connectivity index (χ0v) is 7.63. The molecule has 2 atom stereocenters. The Morgan fingerprint density at radius 1 is 1.83 bits per heavy atom. The Balaban J connectivity index is 2.25. The van der Waals surface area contributed by atoms with E-state index in [1.54, 1.807) is 0 Å². The number of rotatable bonds is 3. The quantitative estimate of drug-likeness (QED) is 0.469. The summed E-state index contributed by atoms with van der Waals surface area (Å²) in [7, 11) is 0. The van der Waals surface area contributed by atoms with Crippen molar-refractivity contribution >= 4 is 18.6 Å². The average molecular weight is 191 g/mol. The van der Waals surface area contributed by atoms with Crippen LogP contribution in [0.2, 0.25) is 0 Å². The van der Waals surface area contributed by atoms with E-state index in [1.165, 1.54) is 0 Å². The molecule has 4 nitrogen and oxygen atoms in total. The minimum Gasteiger partial charge on any atom is -0.459 e. The highest BCUT2D eigenvalue weighted by molar-refractivity contribution is 7.80. The third-order valence-electron chi connectivity index (χ3n) is 1.67. The van der Waals surface area contributed by atoms with Crippen LogP contribution in [0.3, 0.4) is 0 Å². The largest absolute Gasteiger partial charge is 0.459 e. The normalized spacial score (nSPS) is 25.3. The molecule has 12 heavy (non-hydrogen) atoms. The van der Waals surface area contributed by atoms with Crippen molar-refractivity contribution in [2.24, 2.45) is 5.73 Å². The fourth-order valence-corrected chi connectivity index (χ4v) is 1.08. The van der Waals surface area contributed by atoms with E-state index in [1.807, 2.05) is 0 Å². The maximum absolute atomic E-state index is 11.1. The van der Waals surface area contributed by atoms with E-state index in [9.17, 15) is 4.79 Å². The van der Waals surface area contributed by atoms with Crippen molar-refractivity contribution in [3.05, 3.63) is 0 Å². The second-order valence-corrected chi connectivity index (χ2v) is 3.08. The first-order valence-electron chi connectivity index (χ1n) is 3.88. The maximum Gasteiger partial charge on any atom is 0.324 e. The van der Waals surface area contributed by atoms with Gasteiger partial charge in [-0.3, -0.25) is 4.79 Å². The van der Waals surface area contributed by atoms with Crippen LogP contribution < -0.4 is 5.73 Å². The molecule has 5 heteroatoms. The van der Waals surface area contributed by atoms with Gasteiger partial charge in [0.15, 0.2) is 0 Å². The molecule has 1 rings (SSSR count). The Bertz CT molecular complexity index is 159. The summed E-state index contributed by atoms with van der Waals surface area (Å²) in [4.78, 5) is 11.1. The van der Waals surface area contributed by atoms with Gasteiger partial charge >= 0.3 is 5.97 Å². The molecule has 0 aliphatic carbocycles. The lowest BCUT2D eigenvalue weighted by Gasteiger charge is -2.12. The minimum absolute atomic E-state index is 0.108. The molecule has 1 fully saturated rings. The molecule has 0 aromatic rings.